The van der Waals surface area contributed by atoms with E-state index in [4.69, 9.17) is 0 Å². The van der Waals surface area contributed by atoms with Gasteiger partial charge in [-0.3, -0.25) is 0 Å². The Bertz CT molecular complexity index is 636. The van der Waals surface area contributed by atoms with E-state index in [0.29, 0.717) is 0 Å². The summed E-state index contributed by atoms with van der Waals surface area (Å²) in [5, 5.41) is 0. The molecule has 0 heteroatoms. The first-order chi connectivity index (χ1) is 8.95. The highest BCUT2D eigenvalue weighted by Crippen LogP contribution is 2.48. The normalized spacial score (nSPS) is 21.9. The molecule has 88 valence electrons. The summed E-state index contributed by atoms with van der Waals surface area (Å²) in [5.41, 5.74) is 9.02. The van der Waals surface area contributed by atoms with Crippen molar-refractivity contribution in [2.24, 2.45) is 0 Å². The lowest BCUT2D eigenvalue weighted by molar-refractivity contribution is 1.05. The average molecular weight is 232 g/mol. The Kier molecular flexibility index (Phi) is 2.16. The summed E-state index contributed by atoms with van der Waals surface area (Å²) in [6, 6.07) is 6.75. The van der Waals surface area contributed by atoms with Gasteiger partial charge in [0.05, 0.1) is 0 Å². The molecule has 0 spiro atoms. The summed E-state index contributed by atoms with van der Waals surface area (Å²) in [5.74, 6) is 0. The lowest BCUT2D eigenvalue weighted by Crippen LogP contribution is -1.91. The number of hydrogen-bond donors (Lipinski definition) is 0. The average Bonchev–Trinajstić information content (AvgIpc) is 2.70. The highest BCUT2D eigenvalue weighted by Gasteiger charge is 2.27. The van der Waals surface area contributed by atoms with Crippen molar-refractivity contribution in [2.75, 3.05) is 0 Å². The lowest BCUT2D eigenvalue weighted by atomic mass is 9.93. The SMILES string of the molecule is C1=CCC2=C(C1)C1=CCC/C=C\c3cccc2c31. The molecule has 0 heterocycles. The molecule has 3 aliphatic rings. The largest absolute Gasteiger partial charge is 0.0838 e. The van der Waals surface area contributed by atoms with Crippen LogP contribution in [-0.2, 0) is 0 Å². The topological polar surface area (TPSA) is 0 Å². The fraction of sp³-hybridized carbons (Fsp3) is 0.222. The lowest BCUT2D eigenvalue weighted by Gasteiger charge is -2.12. The fourth-order valence-corrected chi connectivity index (χ4v) is 3.37. The first-order valence-corrected chi connectivity index (χ1v) is 6.83. The number of rotatable bonds is 0. The molecule has 1 aromatic rings. The first-order valence-electron chi connectivity index (χ1n) is 6.83. The minimum absolute atomic E-state index is 1.10. The molecular weight excluding hydrogens is 216 g/mol. The Morgan fingerprint density at radius 1 is 0.833 bits per heavy atom. The van der Waals surface area contributed by atoms with Gasteiger partial charge in [0.15, 0.2) is 0 Å². The van der Waals surface area contributed by atoms with Crippen molar-refractivity contribution in [3.8, 4) is 0 Å². The van der Waals surface area contributed by atoms with Crippen molar-refractivity contribution in [2.45, 2.75) is 25.7 Å². The number of fused-ring (bicyclic) bond motifs is 2. The molecule has 0 aliphatic heterocycles. The molecule has 0 radical (unpaired) electrons. The maximum atomic E-state index is 2.45. The fourth-order valence-electron chi connectivity index (χ4n) is 3.37. The van der Waals surface area contributed by atoms with Gasteiger partial charge in [0.1, 0.15) is 0 Å². The molecule has 0 fully saturated rings. The Morgan fingerprint density at radius 3 is 2.67 bits per heavy atom. The summed E-state index contributed by atoms with van der Waals surface area (Å²) in [6.07, 6.45) is 16.2. The monoisotopic (exact) mass is 232 g/mol. The molecule has 0 saturated heterocycles. The zero-order chi connectivity index (χ0) is 11.9. The van der Waals surface area contributed by atoms with Crippen LogP contribution in [0, 0.1) is 0 Å². The summed E-state index contributed by atoms with van der Waals surface area (Å²) in [4.78, 5) is 0. The Balaban J connectivity index is 2.02. The molecule has 0 bridgehead atoms. The van der Waals surface area contributed by atoms with E-state index in [1.807, 2.05) is 0 Å². The van der Waals surface area contributed by atoms with E-state index in [9.17, 15) is 0 Å². The van der Waals surface area contributed by atoms with Crippen molar-refractivity contribution in [3.63, 3.8) is 0 Å². The van der Waals surface area contributed by atoms with Gasteiger partial charge in [-0.05, 0) is 59.1 Å². The van der Waals surface area contributed by atoms with Crippen LogP contribution in [0.15, 0.2) is 48.1 Å². The van der Waals surface area contributed by atoms with Gasteiger partial charge in [0.2, 0.25) is 0 Å². The van der Waals surface area contributed by atoms with Gasteiger partial charge >= 0.3 is 0 Å². The summed E-state index contributed by atoms with van der Waals surface area (Å²) in [6.45, 7) is 0. The Morgan fingerprint density at radius 2 is 1.72 bits per heavy atom. The minimum atomic E-state index is 1.10. The molecule has 0 aromatic heterocycles. The molecule has 0 N–H and O–H groups in total. The quantitative estimate of drug-likeness (QED) is 0.552. The van der Waals surface area contributed by atoms with Gasteiger partial charge in [-0.15, -0.1) is 0 Å². The molecular formula is C18H16. The van der Waals surface area contributed by atoms with Crippen molar-refractivity contribution < 1.29 is 0 Å². The third kappa shape index (κ3) is 1.32. The van der Waals surface area contributed by atoms with Crippen LogP contribution in [-0.4, -0.2) is 0 Å². The Hall–Kier alpha value is -1.82. The van der Waals surface area contributed by atoms with Crippen LogP contribution in [0.5, 0.6) is 0 Å². The van der Waals surface area contributed by atoms with E-state index in [2.05, 4.69) is 48.6 Å². The van der Waals surface area contributed by atoms with Crippen LogP contribution in [0.3, 0.4) is 0 Å². The van der Waals surface area contributed by atoms with Crippen molar-refractivity contribution in [3.05, 3.63) is 64.8 Å². The molecule has 18 heavy (non-hydrogen) atoms. The highest BCUT2D eigenvalue weighted by molar-refractivity contribution is 6.03. The summed E-state index contributed by atoms with van der Waals surface area (Å²) < 4.78 is 0. The predicted molar refractivity (Wildman–Crippen MR) is 78.0 cm³/mol. The van der Waals surface area contributed by atoms with Crippen LogP contribution in [0.1, 0.15) is 42.4 Å². The standard InChI is InChI=1S/C18H16/c1-2-7-13-8-6-12-17-15-10-5-4-9-14(15)16(11-3-1)18(13)17/h2,4-8,11-12H,1,3,9-10H2/b7-2-,16-11?. The second-order valence-corrected chi connectivity index (χ2v) is 5.20. The number of benzene rings is 1. The van der Waals surface area contributed by atoms with E-state index >= 15 is 0 Å². The van der Waals surface area contributed by atoms with Gasteiger partial charge < -0.3 is 0 Å². The van der Waals surface area contributed by atoms with Crippen LogP contribution >= 0.6 is 0 Å². The van der Waals surface area contributed by atoms with Gasteiger partial charge in [0, 0.05) is 0 Å². The van der Waals surface area contributed by atoms with E-state index < -0.39 is 0 Å². The van der Waals surface area contributed by atoms with Gasteiger partial charge in [-0.2, -0.15) is 0 Å². The van der Waals surface area contributed by atoms with Gasteiger partial charge in [0.25, 0.3) is 0 Å². The maximum absolute atomic E-state index is 2.45. The predicted octanol–water partition coefficient (Wildman–Crippen LogP) is 4.99. The smallest absolute Gasteiger partial charge is 0.00362 e. The Labute approximate surface area is 108 Å². The summed E-state index contributed by atoms with van der Waals surface area (Å²) >= 11 is 0. The minimum Gasteiger partial charge on any atom is -0.0838 e. The van der Waals surface area contributed by atoms with Gasteiger partial charge in [-0.1, -0.05) is 48.6 Å². The number of allylic oxidation sites excluding steroid dienone is 7. The second kappa shape index (κ2) is 3.84. The molecule has 0 unspecified atom stereocenters. The van der Waals surface area contributed by atoms with E-state index in [1.165, 1.54) is 28.7 Å². The molecule has 0 nitrogen and oxygen atoms in total. The van der Waals surface area contributed by atoms with Crippen molar-refractivity contribution in [1.29, 1.82) is 0 Å². The molecule has 0 amide bonds. The molecule has 3 aliphatic carbocycles. The van der Waals surface area contributed by atoms with Crippen LogP contribution < -0.4 is 0 Å². The molecule has 0 atom stereocenters. The van der Waals surface area contributed by atoms with E-state index in [-0.39, 0.29) is 0 Å². The maximum Gasteiger partial charge on any atom is -0.00362 e. The van der Waals surface area contributed by atoms with E-state index in [0.717, 1.165) is 19.3 Å². The number of hydrogen-bond acceptors (Lipinski definition) is 0. The highest BCUT2D eigenvalue weighted by atomic mass is 14.3. The molecule has 4 rings (SSSR count). The van der Waals surface area contributed by atoms with Crippen LogP contribution in [0.2, 0.25) is 0 Å². The first kappa shape index (κ1) is 10.1. The van der Waals surface area contributed by atoms with Gasteiger partial charge in [-0.25, -0.2) is 0 Å². The van der Waals surface area contributed by atoms with Crippen molar-refractivity contribution >= 4 is 17.2 Å². The van der Waals surface area contributed by atoms with E-state index in [1.54, 1.807) is 11.1 Å². The zero-order valence-corrected chi connectivity index (χ0v) is 10.4. The van der Waals surface area contributed by atoms with Crippen LogP contribution in [0.25, 0.3) is 17.2 Å². The molecule has 0 saturated carbocycles. The molecule has 1 aromatic carbocycles. The third-order valence-corrected chi connectivity index (χ3v) is 4.17. The van der Waals surface area contributed by atoms with Crippen molar-refractivity contribution in [1.82, 2.24) is 0 Å². The van der Waals surface area contributed by atoms with Crippen LogP contribution in [0.4, 0.5) is 0 Å². The second-order valence-electron chi connectivity index (χ2n) is 5.20. The third-order valence-electron chi connectivity index (χ3n) is 4.17. The zero-order valence-electron chi connectivity index (χ0n) is 10.4. The summed E-state index contributed by atoms with van der Waals surface area (Å²) in [7, 11) is 0.